The summed E-state index contributed by atoms with van der Waals surface area (Å²) in [4.78, 5) is 12.3. The van der Waals surface area contributed by atoms with Gasteiger partial charge in [-0.15, -0.1) is 0 Å². The Hall–Kier alpha value is -1.55. The fourth-order valence-electron chi connectivity index (χ4n) is 2.81. The third-order valence-electron chi connectivity index (χ3n) is 4.11. The van der Waals surface area contributed by atoms with E-state index in [9.17, 15) is 4.79 Å². The molecule has 1 aromatic rings. The molecule has 1 atom stereocenters. The molecule has 4 heteroatoms. The molecule has 0 spiro atoms. The minimum Gasteiger partial charge on any atom is -0.496 e. The standard InChI is InChI=1S/C16H24N2O2/c1-11(14-5-3-4-6-15(14)20-2)18-16(19)12-7-9-13(17)10-8-12/h3-6,11-13H,7-10,17H2,1-2H3,(H,18,19)/t11-,12?,13?/m0/s1. The number of hydrogen-bond acceptors (Lipinski definition) is 3. The summed E-state index contributed by atoms with van der Waals surface area (Å²) >= 11 is 0. The van der Waals surface area contributed by atoms with Gasteiger partial charge >= 0.3 is 0 Å². The van der Waals surface area contributed by atoms with Gasteiger partial charge in [-0.1, -0.05) is 18.2 Å². The summed E-state index contributed by atoms with van der Waals surface area (Å²) < 4.78 is 5.34. The molecule has 3 N–H and O–H groups in total. The molecular formula is C16H24N2O2. The molecule has 110 valence electrons. The first kappa shape index (κ1) is 14.9. The van der Waals surface area contributed by atoms with Gasteiger partial charge in [-0.2, -0.15) is 0 Å². The minimum atomic E-state index is -0.0470. The molecule has 1 amide bonds. The van der Waals surface area contributed by atoms with E-state index in [2.05, 4.69) is 5.32 Å². The molecule has 0 aromatic heterocycles. The number of para-hydroxylation sites is 1. The molecule has 0 bridgehead atoms. The highest BCUT2D eigenvalue weighted by molar-refractivity contribution is 5.79. The Morgan fingerprint density at radius 1 is 1.30 bits per heavy atom. The maximum absolute atomic E-state index is 12.3. The van der Waals surface area contributed by atoms with Crippen LogP contribution in [0.25, 0.3) is 0 Å². The van der Waals surface area contributed by atoms with Gasteiger partial charge in [0, 0.05) is 17.5 Å². The van der Waals surface area contributed by atoms with Crippen molar-refractivity contribution in [2.45, 2.75) is 44.7 Å². The third-order valence-corrected chi connectivity index (χ3v) is 4.11. The molecule has 1 fully saturated rings. The van der Waals surface area contributed by atoms with E-state index < -0.39 is 0 Å². The lowest BCUT2D eigenvalue weighted by atomic mass is 9.85. The number of nitrogens with two attached hydrogens (primary N) is 1. The molecule has 0 saturated heterocycles. The first-order chi connectivity index (χ1) is 9.61. The second-order valence-electron chi connectivity index (χ2n) is 5.58. The van der Waals surface area contributed by atoms with Crippen LogP contribution in [-0.2, 0) is 4.79 Å². The number of amides is 1. The van der Waals surface area contributed by atoms with E-state index in [1.54, 1.807) is 7.11 Å². The predicted octanol–water partition coefficient (Wildman–Crippen LogP) is 2.39. The zero-order chi connectivity index (χ0) is 14.5. The van der Waals surface area contributed by atoms with Crippen molar-refractivity contribution in [1.82, 2.24) is 5.32 Å². The molecule has 1 aliphatic carbocycles. The number of methoxy groups -OCH3 is 1. The number of ether oxygens (including phenoxy) is 1. The number of hydrogen-bond donors (Lipinski definition) is 2. The Bertz CT molecular complexity index is 454. The van der Waals surface area contributed by atoms with Crippen LogP contribution in [0.15, 0.2) is 24.3 Å². The molecule has 0 aliphatic heterocycles. The average Bonchev–Trinajstić information content (AvgIpc) is 2.47. The normalized spacial score (nSPS) is 23.9. The van der Waals surface area contributed by atoms with Crippen molar-refractivity contribution in [1.29, 1.82) is 0 Å². The molecule has 0 heterocycles. The van der Waals surface area contributed by atoms with Crippen LogP contribution in [0.2, 0.25) is 0 Å². The second-order valence-corrected chi connectivity index (χ2v) is 5.58. The molecule has 2 rings (SSSR count). The fraction of sp³-hybridized carbons (Fsp3) is 0.562. The van der Waals surface area contributed by atoms with Crippen molar-refractivity contribution >= 4 is 5.91 Å². The van der Waals surface area contributed by atoms with Crippen LogP contribution in [0.4, 0.5) is 0 Å². The van der Waals surface area contributed by atoms with Gasteiger partial charge < -0.3 is 15.8 Å². The highest BCUT2D eigenvalue weighted by atomic mass is 16.5. The van der Waals surface area contributed by atoms with Crippen molar-refractivity contribution in [3.8, 4) is 5.75 Å². The van der Waals surface area contributed by atoms with Crippen molar-refractivity contribution in [3.63, 3.8) is 0 Å². The van der Waals surface area contributed by atoms with Gasteiger partial charge in [0.05, 0.1) is 13.2 Å². The Kier molecular flexibility index (Phi) is 5.01. The van der Waals surface area contributed by atoms with Crippen LogP contribution in [0.5, 0.6) is 5.75 Å². The fourth-order valence-corrected chi connectivity index (χ4v) is 2.81. The van der Waals surface area contributed by atoms with Crippen LogP contribution in [-0.4, -0.2) is 19.1 Å². The van der Waals surface area contributed by atoms with E-state index in [0.29, 0.717) is 0 Å². The van der Waals surface area contributed by atoms with Crippen LogP contribution in [0.1, 0.15) is 44.2 Å². The van der Waals surface area contributed by atoms with Crippen molar-refractivity contribution in [3.05, 3.63) is 29.8 Å². The molecule has 0 radical (unpaired) electrons. The summed E-state index contributed by atoms with van der Waals surface area (Å²) in [6.45, 7) is 1.99. The highest BCUT2D eigenvalue weighted by Gasteiger charge is 2.26. The third kappa shape index (κ3) is 3.51. The van der Waals surface area contributed by atoms with Crippen LogP contribution in [0, 0.1) is 5.92 Å². The van der Waals surface area contributed by atoms with Crippen LogP contribution in [0.3, 0.4) is 0 Å². The summed E-state index contributed by atoms with van der Waals surface area (Å²) in [7, 11) is 1.65. The van der Waals surface area contributed by atoms with Crippen molar-refractivity contribution < 1.29 is 9.53 Å². The SMILES string of the molecule is COc1ccccc1[C@H](C)NC(=O)C1CCC(N)CC1. The van der Waals surface area contributed by atoms with Gasteiger partial charge in [-0.05, 0) is 38.7 Å². The lowest BCUT2D eigenvalue weighted by Gasteiger charge is -2.27. The van der Waals surface area contributed by atoms with Gasteiger partial charge in [-0.25, -0.2) is 0 Å². The monoisotopic (exact) mass is 276 g/mol. The van der Waals surface area contributed by atoms with Gasteiger partial charge in [0.15, 0.2) is 0 Å². The molecule has 1 aliphatic rings. The quantitative estimate of drug-likeness (QED) is 0.887. The lowest BCUT2D eigenvalue weighted by molar-refractivity contribution is -0.126. The topological polar surface area (TPSA) is 64.3 Å². The highest BCUT2D eigenvalue weighted by Crippen LogP contribution is 2.27. The number of benzene rings is 1. The number of rotatable bonds is 4. The second kappa shape index (κ2) is 6.75. The molecular weight excluding hydrogens is 252 g/mol. The van der Waals surface area contributed by atoms with Gasteiger partial charge in [0.1, 0.15) is 5.75 Å². The maximum atomic E-state index is 12.3. The van der Waals surface area contributed by atoms with Gasteiger partial charge in [-0.3, -0.25) is 4.79 Å². The van der Waals surface area contributed by atoms with Gasteiger partial charge in [0.25, 0.3) is 0 Å². The molecule has 0 unspecified atom stereocenters. The Labute approximate surface area is 120 Å². The zero-order valence-electron chi connectivity index (χ0n) is 12.3. The van der Waals surface area contributed by atoms with Crippen LogP contribution < -0.4 is 15.8 Å². The summed E-state index contributed by atoms with van der Waals surface area (Å²) in [5.41, 5.74) is 6.89. The predicted molar refractivity (Wildman–Crippen MR) is 79.5 cm³/mol. The number of carbonyl (C=O) groups excluding carboxylic acids is 1. The van der Waals surface area contributed by atoms with E-state index in [-0.39, 0.29) is 23.9 Å². The largest absolute Gasteiger partial charge is 0.496 e. The van der Waals surface area contributed by atoms with Crippen molar-refractivity contribution in [2.24, 2.45) is 11.7 Å². The Morgan fingerprint density at radius 2 is 1.95 bits per heavy atom. The molecule has 20 heavy (non-hydrogen) atoms. The molecule has 1 aromatic carbocycles. The zero-order valence-corrected chi connectivity index (χ0v) is 12.3. The van der Waals surface area contributed by atoms with E-state index in [1.165, 1.54) is 0 Å². The van der Waals surface area contributed by atoms with Crippen molar-refractivity contribution in [2.75, 3.05) is 7.11 Å². The van der Waals surface area contributed by atoms with Gasteiger partial charge in [0.2, 0.25) is 5.91 Å². The molecule has 1 saturated carbocycles. The average molecular weight is 276 g/mol. The summed E-state index contributed by atoms with van der Waals surface area (Å²) in [6, 6.07) is 8.01. The van der Waals surface area contributed by atoms with Crippen LogP contribution >= 0.6 is 0 Å². The Balaban J connectivity index is 1.97. The van der Waals surface area contributed by atoms with E-state index >= 15 is 0 Å². The van der Waals surface area contributed by atoms with E-state index in [1.807, 2.05) is 31.2 Å². The summed E-state index contributed by atoms with van der Waals surface area (Å²) in [5.74, 6) is 1.05. The summed E-state index contributed by atoms with van der Waals surface area (Å²) in [6.07, 6.45) is 3.68. The maximum Gasteiger partial charge on any atom is 0.223 e. The van der Waals surface area contributed by atoms with E-state index in [0.717, 1.165) is 37.0 Å². The molecule has 4 nitrogen and oxygen atoms in total. The number of nitrogens with one attached hydrogen (secondary N) is 1. The smallest absolute Gasteiger partial charge is 0.223 e. The first-order valence-electron chi connectivity index (χ1n) is 7.30. The Morgan fingerprint density at radius 3 is 2.60 bits per heavy atom. The number of carbonyl (C=O) groups is 1. The minimum absolute atomic E-state index is 0.0470. The first-order valence-corrected chi connectivity index (χ1v) is 7.30. The lowest BCUT2D eigenvalue weighted by Crippen LogP contribution is -2.37. The summed E-state index contributed by atoms with van der Waals surface area (Å²) in [5, 5.41) is 3.10. The van der Waals surface area contributed by atoms with E-state index in [4.69, 9.17) is 10.5 Å².